The highest BCUT2D eigenvalue weighted by molar-refractivity contribution is 6.38. The van der Waals surface area contributed by atoms with E-state index in [1.165, 1.54) is 0 Å². The van der Waals surface area contributed by atoms with Crippen LogP contribution in [-0.4, -0.2) is 10.9 Å². The third-order valence-electron chi connectivity index (χ3n) is 3.21. The van der Waals surface area contributed by atoms with Gasteiger partial charge in [-0.15, -0.1) is 0 Å². The molecular weight excluding hydrogens is 295 g/mol. The fourth-order valence-corrected chi connectivity index (χ4v) is 2.56. The maximum atomic E-state index is 12.4. The Hall–Kier alpha value is -1.58. The lowest BCUT2D eigenvalue weighted by molar-refractivity contribution is 0.102. The molecule has 0 fully saturated rings. The minimum absolute atomic E-state index is 0.239. The van der Waals surface area contributed by atoms with E-state index in [2.05, 4.69) is 10.3 Å². The number of benzene rings is 1. The van der Waals surface area contributed by atoms with Crippen molar-refractivity contribution in [1.29, 1.82) is 0 Å². The van der Waals surface area contributed by atoms with Gasteiger partial charge >= 0.3 is 0 Å². The number of anilines is 1. The molecule has 2 aromatic rings. The van der Waals surface area contributed by atoms with Crippen molar-refractivity contribution in [2.75, 3.05) is 5.32 Å². The molecule has 0 saturated heterocycles. The van der Waals surface area contributed by atoms with Crippen LogP contribution >= 0.6 is 23.2 Å². The van der Waals surface area contributed by atoms with Crippen LogP contribution < -0.4 is 5.32 Å². The van der Waals surface area contributed by atoms with E-state index in [1.807, 2.05) is 20.8 Å². The number of carbonyl (C=O) groups is 1. The van der Waals surface area contributed by atoms with E-state index in [9.17, 15) is 4.79 Å². The molecule has 1 aromatic carbocycles. The zero-order valence-electron chi connectivity index (χ0n) is 11.4. The molecule has 104 valence electrons. The van der Waals surface area contributed by atoms with Gasteiger partial charge in [0.15, 0.2) is 0 Å². The van der Waals surface area contributed by atoms with Crippen molar-refractivity contribution in [3.63, 3.8) is 0 Å². The standard InChI is InChI=1S/C15H14Cl2N2O/c1-8-12(9(2)14(17)10(3)13(8)16)15(20)19-11-5-4-6-18-7-11/h4-7H,1-3H3,(H,19,20). The first-order valence-electron chi connectivity index (χ1n) is 6.09. The van der Waals surface area contributed by atoms with E-state index in [-0.39, 0.29) is 5.91 Å². The van der Waals surface area contributed by atoms with E-state index < -0.39 is 0 Å². The Bertz CT molecular complexity index is 640. The SMILES string of the molecule is Cc1c(Cl)c(C)c(C(=O)Nc2cccnc2)c(C)c1Cl. The van der Waals surface area contributed by atoms with Crippen LogP contribution in [0, 0.1) is 20.8 Å². The van der Waals surface area contributed by atoms with Gasteiger partial charge in [0, 0.05) is 21.8 Å². The quantitative estimate of drug-likeness (QED) is 0.883. The lowest BCUT2D eigenvalue weighted by atomic mass is 9.98. The molecular formula is C15H14Cl2N2O. The Morgan fingerprint density at radius 2 is 1.70 bits per heavy atom. The summed E-state index contributed by atoms with van der Waals surface area (Å²) in [6, 6.07) is 3.53. The van der Waals surface area contributed by atoms with Crippen LogP contribution in [0.5, 0.6) is 0 Å². The highest BCUT2D eigenvalue weighted by Gasteiger charge is 2.20. The molecule has 0 bridgehead atoms. The molecule has 3 nitrogen and oxygen atoms in total. The summed E-state index contributed by atoms with van der Waals surface area (Å²) in [7, 11) is 0. The molecule has 1 heterocycles. The molecule has 0 radical (unpaired) electrons. The first-order chi connectivity index (χ1) is 9.43. The predicted octanol–water partition coefficient (Wildman–Crippen LogP) is 4.57. The monoisotopic (exact) mass is 308 g/mol. The molecule has 0 atom stereocenters. The van der Waals surface area contributed by atoms with Crippen LogP contribution in [0.4, 0.5) is 5.69 Å². The van der Waals surface area contributed by atoms with E-state index >= 15 is 0 Å². The molecule has 0 saturated carbocycles. The average Bonchev–Trinajstić information content (AvgIpc) is 2.44. The molecule has 1 N–H and O–H groups in total. The van der Waals surface area contributed by atoms with Crippen LogP contribution in [0.15, 0.2) is 24.5 Å². The summed E-state index contributed by atoms with van der Waals surface area (Å²) in [5.41, 5.74) is 3.39. The number of rotatable bonds is 2. The minimum atomic E-state index is -0.239. The van der Waals surface area contributed by atoms with Crippen LogP contribution in [0.25, 0.3) is 0 Å². The fraction of sp³-hybridized carbons (Fsp3) is 0.200. The second kappa shape index (κ2) is 5.81. The highest BCUT2D eigenvalue weighted by Crippen LogP contribution is 2.34. The second-order valence-corrected chi connectivity index (χ2v) is 5.33. The van der Waals surface area contributed by atoms with Gasteiger partial charge in [-0.2, -0.15) is 0 Å². The maximum absolute atomic E-state index is 12.4. The van der Waals surface area contributed by atoms with Crippen LogP contribution in [0.3, 0.4) is 0 Å². The minimum Gasteiger partial charge on any atom is -0.321 e. The van der Waals surface area contributed by atoms with E-state index in [0.29, 0.717) is 21.3 Å². The summed E-state index contributed by atoms with van der Waals surface area (Å²) < 4.78 is 0. The Balaban J connectivity index is 2.45. The number of hydrogen-bond donors (Lipinski definition) is 1. The third-order valence-corrected chi connectivity index (χ3v) is 4.35. The maximum Gasteiger partial charge on any atom is 0.256 e. The molecule has 20 heavy (non-hydrogen) atoms. The number of halogens is 2. The summed E-state index contributed by atoms with van der Waals surface area (Å²) in [6.07, 6.45) is 3.23. The van der Waals surface area contributed by atoms with Crippen molar-refractivity contribution in [3.05, 3.63) is 56.8 Å². The van der Waals surface area contributed by atoms with Gasteiger partial charge in [0.25, 0.3) is 5.91 Å². The second-order valence-electron chi connectivity index (χ2n) is 4.57. The van der Waals surface area contributed by atoms with Crippen LogP contribution in [0.1, 0.15) is 27.0 Å². The lowest BCUT2D eigenvalue weighted by Gasteiger charge is -2.15. The van der Waals surface area contributed by atoms with E-state index in [0.717, 1.165) is 16.7 Å². The van der Waals surface area contributed by atoms with Gasteiger partial charge in [0.1, 0.15) is 0 Å². The third kappa shape index (κ3) is 2.65. The topological polar surface area (TPSA) is 42.0 Å². The first kappa shape index (κ1) is 14.8. The summed E-state index contributed by atoms with van der Waals surface area (Å²) in [5.74, 6) is -0.239. The van der Waals surface area contributed by atoms with E-state index in [4.69, 9.17) is 23.2 Å². The smallest absolute Gasteiger partial charge is 0.256 e. The summed E-state index contributed by atoms with van der Waals surface area (Å²) >= 11 is 12.5. The Labute approximate surface area is 127 Å². The lowest BCUT2D eigenvalue weighted by Crippen LogP contribution is -2.16. The number of pyridine rings is 1. The van der Waals surface area contributed by atoms with Gasteiger partial charge in [0.2, 0.25) is 0 Å². The normalized spacial score (nSPS) is 10.4. The zero-order valence-corrected chi connectivity index (χ0v) is 12.9. The van der Waals surface area contributed by atoms with Crippen molar-refractivity contribution in [2.45, 2.75) is 20.8 Å². The Morgan fingerprint density at radius 3 is 2.20 bits per heavy atom. The number of nitrogens with zero attached hydrogens (tertiary/aromatic N) is 1. The number of carbonyl (C=O) groups excluding carboxylic acids is 1. The molecule has 5 heteroatoms. The van der Waals surface area contributed by atoms with E-state index in [1.54, 1.807) is 24.5 Å². The molecule has 0 aliphatic rings. The first-order valence-corrected chi connectivity index (χ1v) is 6.85. The van der Waals surface area contributed by atoms with Crippen LogP contribution in [-0.2, 0) is 0 Å². The summed E-state index contributed by atoms with van der Waals surface area (Å²) in [6.45, 7) is 5.47. The van der Waals surface area contributed by atoms with Gasteiger partial charge in [-0.3, -0.25) is 9.78 Å². The average molecular weight is 309 g/mol. The molecule has 0 aliphatic heterocycles. The van der Waals surface area contributed by atoms with Crippen molar-refractivity contribution in [3.8, 4) is 0 Å². The van der Waals surface area contributed by atoms with Gasteiger partial charge in [-0.1, -0.05) is 23.2 Å². The number of hydrogen-bond acceptors (Lipinski definition) is 2. The van der Waals surface area contributed by atoms with Gasteiger partial charge < -0.3 is 5.32 Å². The number of aromatic nitrogens is 1. The van der Waals surface area contributed by atoms with Gasteiger partial charge in [-0.05, 0) is 49.6 Å². The van der Waals surface area contributed by atoms with Crippen molar-refractivity contribution in [2.24, 2.45) is 0 Å². The van der Waals surface area contributed by atoms with Crippen molar-refractivity contribution < 1.29 is 4.79 Å². The van der Waals surface area contributed by atoms with Crippen LogP contribution in [0.2, 0.25) is 10.0 Å². The Kier molecular flexibility index (Phi) is 4.31. The molecule has 0 aliphatic carbocycles. The van der Waals surface area contributed by atoms with Gasteiger partial charge in [-0.25, -0.2) is 0 Å². The summed E-state index contributed by atoms with van der Waals surface area (Å²) in [5, 5.41) is 3.84. The summed E-state index contributed by atoms with van der Waals surface area (Å²) in [4.78, 5) is 16.4. The highest BCUT2D eigenvalue weighted by atomic mass is 35.5. The van der Waals surface area contributed by atoms with Gasteiger partial charge in [0.05, 0.1) is 11.9 Å². The number of amides is 1. The fourth-order valence-electron chi connectivity index (χ4n) is 2.13. The predicted molar refractivity (Wildman–Crippen MR) is 82.9 cm³/mol. The molecule has 0 spiro atoms. The number of nitrogens with one attached hydrogen (secondary N) is 1. The zero-order chi connectivity index (χ0) is 14.9. The molecule has 1 aromatic heterocycles. The molecule has 1 amide bonds. The Morgan fingerprint density at radius 1 is 1.10 bits per heavy atom. The largest absolute Gasteiger partial charge is 0.321 e. The molecule has 0 unspecified atom stereocenters. The van der Waals surface area contributed by atoms with Crippen molar-refractivity contribution >= 4 is 34.8 Å². The van der Waals surface area contributed by atoms with Crippen molar-refractivity contribution in [1.82, 2.24) is 4.98 Å². The molecule has 2 rings (SSSR count).